The third kappa shape index (κ3) is 3.40. The predicted octanol–water partition coefficient (Wildman–Crippen LogP) is 2.81. The van der Waals surface area contributed by atoms with Gasteiger partial charge < -0.3 is 14.5 Å². The highest BCUT2D eigenvalue weighted by molar-refractivity contribution is 5.89. The van der Waals surface area contributed by atoms with Crippen molar-refractivity contribution in [1.29, 1.82) is 0 Å². The fraction of sp³-hybridized carbons (Fsp3) is 0.118. The SMILES string of the molecule is COc1ccccc1CNC(=O)c1nnc(-c2cccc(F)c2)o1. The van der Waals surface area contributed by atoms with Gasteiger partial charge in [-0.25, -0.2) is 4.39 Å². The number of halogens is 1. The number of carbonyl (C=O) groups excluding carboxylic acids is 1. The highest BCUT2D eigenvalue weighted by Crippen LogP contribution is 2.19. The first-order chi connectivity index (χ1) is 11.7. The van der Waals surface area contributed by atoms with E-state index in [-0.39, 0.29) is 18.3 Å². The van der Waals surface area contributed by atoms with Crippen molar-refractivity contribution in [3.63, 3.8) is 0 Å². The zero-order valence-corrected chi connectivity index (χ0v) is 12.8. The lowest BCUT2D eigenvalue weighted by atomic mass is 10.2. The van der Waals surface area contributed by atoms with Gasteiger partial charge in [-0.2, -0.15) is 0 Å². The van der Waals surface area contributed by atoms with Crippen LogP contribution in [-0.2, 0) is 6.54 Å². The molecule has 1 aromatic heterocycles. The van der Waals surface area contributed by atoms with Crippen LogP contribution in [0.25, 0.3) is 11.5 Å². The highest BCUT2D eigenvalue weighted by atomic mass is 19.1. The molecule has 1 amide bonds. The third-order valence-corrected chi connectivity index (χ3v) is 3.32. The van der Waals surface area contributed by atoms with Crippen LogP contribution in [0.4, 0.5) is 4.39 Å². The van der Waals surface area contributed by atoms with E-state index in [1.807, 2.05) is 18.2 Å². The molecule has 0 radical (unpaired) electrons. The summed E-state index contributed by atoms with van der Waals surface area (Å²) in [5.74, 6) is -0.381. The lowest BCUT2D eigenvalue weighted by molar-refractivity contribution is 0.0916. The molecule has 1 N–H and O–H groups in total. The summed E-state index contributed by atoms with van der Waals surface area (Å²) in [6.45, 7) is 0.251. The number of ether oxygens (including phenoxy) is 1. The van der Waals surface area contributed by atoms with Gasteiger partial charge in [-0.1, -0.05) is 24.3 Å². The molecular formula is C17H14FN3O3. The van der Waals surface area contributed by atoms with Crippen LogP contribution < -0.4 is 10.1 Å². The van der Waals surface area contributed by atoms with Crippen LogP contribution in [0.2, 0.25) is 0 Å². The van der Waals surface area contributed by atoms with Gasteiger partial charge in [-0.05, 0) is 24.3 Å². The summed E-state index contributed by atoms with van der Waals surface area (Å²) in [6, 6.07) is 13.0. The van der Waals surface area contributed by atoms with E-state index >= 15 is 0 Å². The van der Waals surface area contributed by atoms with Gasteiger partial charge in [0, 0.05) is 17.7 Å². The van der Waals surface area contributed by atoms with Gasteiger partial charge in [0.05, 0.1) is 7.11 Å². The molecule has 0 saturated heterocycles. The number of para-hydroxylation sites is 1. The fourth-order valence-electron chi connectivity index (χ4n) is 2.15. The molecule has 0 aliphatic heterocycles. The van der Waals surface area contributed by atoms with Crippen LogP contribution >= 0.6 is 0 Å². The summed E-state index contributed by atoms with van der Waals surface area (Å²) in [5, 5.41) is 10.1. The standard InChI is InChI=1S/C17H14FN3O3/c1-23-14-8-3-2-5-12(14)10-19-15(22)17-21-20-16(24-17)11-6-4-7-13(18)9-11/h2-9H,10H2,1H3,(H,19,22). The zero-order valence-electron chi connectivity index (χ0n) is 12.8. The van der Waals surface area contributed by atoms with Gasteiger partial charge in [0.15, 0.2) is 0 Å². The molecule has 0 bridgehead atoms. The number of hydrogen-bond donors (Lipinski definition) is 1. The van der Waals surface area contributed by atoms with Crippen molar-refractivity contribution >= 4 is 5.91 Å². The van der Waals surface area contributed by atoms with Gasteiger partial charge in [0.2, 0.25) is 5.89 Å². The van der Waals surface area contributed by atoms with Crippen molar-refractivity contribution in [3.05, 3.63) is 65.8 Å². The molecule has 2 aromatic carbocycles. The second kappa shape index (κ2) is 6.91. The Morgan fingerprint density at radius 1 is 1.21 bits per heavy atom. The number of nitrogens with zero attached hydrogens (tertiary/aromatic N) is 2. The number of rotatable bonds is 5. The average molecular weight is 327 g/mol. The maximum absolute atomic E-state index is 13.2. The van der Waals surface area contributed by atoms with Gasteiger partial charge in [0.25, 0.3) is 0 Å². The maximum Gasteiger partial charge on any atom is 0.309 e. The third-order valence-electron chi connectivity index (χ3n) is 3.32. The molecule has 0 aliphatic rings. The van der Waals surface area contributed by atoms with E-state index < -0.39 is 11.7 Å². The number of nitrogens with one attached hydrogen (secondary N) is 1. The van der Waals surface area contributed by atoms with E-state index in [0.717, 1.165) is 5.56 Å². The minimum atomic E-state index is -0.518. The summed E-state index contributed by atoms with van der Waals surface area (Å²) >= 11 is 0. The predicted molar refractivity (Wildman–Crippen MR) is 83.9 cm³/mol. The zero-order chi connectivity index (χ0) is 16.9. The Kier molecular flexibility index (Phi) is 4.51. The summed E-state index contributed by atoms with van der Waals surface area (Å²) in [7, 11) is 1.56. The van der Waals surface area contributed by atoms with E-state index in [9.17, 15) is 9.18 Å². The Hall–Kier alpha value is -3.22. The number of hydrogen-bond acceptors (Lipinski definition) is 5. The Morgan fingerprint density at radius 2 is 2.04 bits per heavy atom. The van der Waals surface area contributed by atoms with Crippen molar-refractivity contribution in [1.82, 2.24) is 15.5 Å². The van der Waals surface area contributed by atoms with Crippen molar-refractivity contribution in [3.8, 4) is 17.2 Å². The van der Waals surface area contributed by atoms with Gasteiger partial charge >= 0.3 is 11.8 Å². The molecular weight excluding hydrogens is 313 g/mol. The summed E-state index contributed by atoms with van der Waals surface area (Å²) < 4.78 is 23.7. The van der Waals surface area contributed by atoms with E-state index in [4.69, 9.17) is 9.15 Å². The maximum atomic E-state index is 13.2. The minimum absolute atomic E-state index is 0.0805. The second-order valence-corrected chi connectivity index (χ2v) is 4.92. The number of methoxy groups -OCH3 is 1. The monoisotopic (exact) mass is 327 g/mol. The van der Waals surface area contributed by atoms with Crippen LogP contribution in [0.15, 0.2) is 52.9 Å². The molecule has 7 heteroatoms. The van der Waals surface area contributed by atoms with Crippen LogP contribution in [0.3, 0.4) is 0 Å². The quantitative estimate of drug-likeness (QED) is 0.780. The van der Waals surface area contributed by atoms with Crippen molar-refractivity contribution in [2.45, 2.75) is 6.54 Å². The number of carbonyl (C=O) groups is 1. The van der Waals surface area contributed by atoms with Crippen LogP contribution in [0.5, 0.6) is 5.75 Å². The molecule has 122 valence electrons. The summed E-state index contributed by atoms with van der Waals surface area (Å²) in [6.07, 6.45) is 0. The minimum Gasteiger partial charge on any atom is -0.496 e. The first-order valence-electron chi connectivity index (χ1n) is 7.17. The second-order valence-electron chi connectivity index (χ2n) is 4.92. The van der Waals surface area contributed by atoms with E-state index in [0.29, 0.717) is 11.3 Å². The van der Waals surface area contributed by atoms with Crippen molar-refractivity contribution in [2.24, 2.45) is 0 Å². The molecule has 0 spiro atoms. The number of aromatic nitrogens is 2. The largest absolute Gasteiger partial charge is 0.496 e. The molecule has 3 rings (SSSR count). The molecule has 0 unspecified atom stereocenters. The number of benzene rings is 2. The van der Waals surface area contributed by atoms with Crippen LogP contribution in [0.1, 0.15) is 16.2 Å². The molecule has 0 aliphatic carbocycles. The lowest BCUT2D eigenvalue weighted by Crippen LogP contribution is -2.23. The fourth-order valence-corrected chi connectivity index (χ4v) is 2.15. The molecule has 0 fully saturated rings. The lowest BCUT2D eigenvalue weighted by Gasteiger charge is -2.08. The molecule has 1 heterocycles. The molecule has 24 heavy (non-hydrogen) atoms. The van der Waals surface area contributed by atoms with E-state index in [2.05, 4.69) is 15.5 Å². The Bertz CT molecular complexity index is 864. The Labute approximate surface area is 137 Å². The molecule has 0 saturated carbocycles. The Morgan fingerprint density at radius 3 is 2.83 bits per heavy atom. The van der Waals surface area contributed by atoms with E-state index in [1.165, 1.54) is 18.2 Å². The molecule has 6 nitrogen and oxygen atoms in total. The molecule has 0 atom stereocenters. The van der Waals surface area contributed by atoms with Crippen molar-refractivity contribution in [2.75, 3.05) is 7.11 Å². The van der Waals surface area contributed by atoms with E-state index in [1.54, 1.807) is 19.2 Å². The normalized spacial score (nSPS) is 10.4. The first kappa shape index (κ1) is 15.7. The Balaban J connectivity index is 1.70. The highest BCUT2D eigenvalue weighted by Gasteiger charge is 2.16. The van der Waals surface area contributed by atoms with Crippen molar-refractivity contribution < 1.29 is 18.3 Å². The summed E-state index contributed by atoms with van der Waals surface area (Å²) in [5.41, 5.74) is 1.23. The number of amides is 1. The average Bonchev–Trinajstić information content (AvgIpc) is 3.10. The van der Waals surface area contributed by atoms with Crippen LogP contribution in [-0.4, -0.2) is 23.2 Å². The molecule has 3 aromatic rings. The topological polar surface area (TPSA) is 77.2 Å². The van der Waals surface area contributed by atoms with Gasteiger partial charge in [-0.3, -0.25) is 4.79 Å². The van der Waals surface area contributed by atoms with Crippen LogP contribution in [0, 0.1) is 5.82 Å². The van der Waals surface area contributed by atoms with Gasteiger partial charge in [-0.15, -0.1) is 10.2 Å². The summed E-state index contributed by atoms with van der Waals surface area (Å²) in [4.78, 5) is 12.1. The van der Waals surface area contributed by atoms with Gasteiger partial charge in [0.1, 0.15) is 11.6 Å². The smallest absolute Gasteiger partial charge is 0.309 e. The first-order valence-corrected chi connectivity index (χ1v) is 7.17.